The molecule has 0 saturated carbocycles. The van der Waals surface area contributed by atoms with Crippen molar-refractivity contribution in [3.8, 4) is 0 Å². The second-order valence-corrected chi connectivity index (χ2v) is 2.57. The Bertz CT molecular complexity index is 168. The first kappa shape index (κ1) is 14.8. The molecule has 1 heteroatoms. The van der Waals surface area contributed by atoms with Gasteiger partial charge in [0.25, 0.3) is 0 Å². The first-order valence-corrected chi connectivity index (χ1v) is 5.35. The van der Waals surface area contributed by atoms with Crippen LogP contribution in [-0.4, -0.2) is 6.71 Å². The maximum Gasteiger partial charge on any atom is 0.169 e. The predicted octanol–water partition coefficient (Wildman–Crippen LogP) is 3.70. The zero-order chi connectivity index (χ0) is 10.7. The van der Waals surface area contributed by atoms with Gasteiger partial charge in [-0.2, -0.15) is 0 Å². The summed E-state index contributed by atoms with van der Waals surface area (Å²) in [6.07, 6.45) is 0. The van der Waals surface area contributed by atoms with E-state index in [2.05, 4.69) is 37.9 Å². The smallest absolute Gasteiger partial charge is 0.0819 e. The minimum Gasteiger partial charge on any atom is -0.0819 e. The van der Waals surface area contributed by atoms with Gasteiger partial charge in [0.2, 0.25) is 0 Å². The molecule has 0 aliphatic heterocycles. The van der Waals surface area contributed by atoms with Crippen molar-refractivity contribution >= 4 is 12.2 Å². The van der Waals surface area contributed by atoms with Gasteiger partial charge in [0.1, 0.15) is 0 Å². The van der Waals surface area contributed by atoms with Crippen LogP contribution in [0.15, 0.2) is 30.3 Å². The van der Waals surface area contributed by atoms with E-state index in [0.29, 0.717) is 6.71 Å². The Balaban J connectivity index is 0. The summed E-state index contributed by atoms with van der Waals surface area (Å²) in [7, 11) is 0. The summed E-state index contributed by atoms with van der Waals surface area (Å²) in [5.41, 5.74) is 1.41. The average molecular weight is 178 g/mol. The minimum atomic E-state index is 0.659. The Kier molecular flexibility index (Phi) is 12.8. The van der Waals surface area contributed by atoms with Crippen LogP contribution in [0.5, 0.6) is 0 Å². The molecule has 0 amide bonds. The van der Waals surface area contributed by atoms with Crippen molar-refractivity contribution in [2.75, 3.05) is 0 Å². The van der Waals surface area contributed by atoms with Crippen molar-refractivity contribution in [2.24, 2.45) is 0 Å². The first-order chi connectivity index (χ1) is 6.30. The normalized spacial score (nSPS) is 7.23. The van der Waals surface area contributed by atoms with Gasteiger partial charge in [0.15, 0.2) is 6.71 Å². The minimum absolute atomic E-state index is 0.659. The number of hydrogen-bond donors (Lipinski definition) is 0. The standard InChI is InChI=1S/C8H11B.2C2H6/c1-9(2)8-6-4-3-5-7-8;2*1-2/h3-7H,1-2H3;2*1-2H3. The number of benzene rings is 1. The van der Waals surface area contributed by atoms with E-state index < -0.39 is 0 Å². The molecule has 0 fully saturated rings. The molecule has 0 aliphatic rings. The van der Waals surface area contributed by atoms with Gasteiger partial charge in [0, 0.05) is 0 Å². The van der Waals surface area contributed by atoms with Gasteiger partial charge in [-0.1, -0.05) is 77.1 Å². The largest absolute Gasteiger partial charge is 0.169 e. The molecule has 0 aromatic heterocycles. The van der Waals surface area contributed by atoms with Crippen LogP contribution in [0.1, 0.15) is 27.7 Å². The van der Waals surface area contributed by atoms with Crippen molar-refractivity contribution in [3.63, 3.8) is 0 Å². The summed E-state index contributed by atoms with van der Waals surface area (Å²) in [4.78, 5) is 0. The van der Waals surface area contributed by atoms with Gasteiger partial charge in [0.05, 0.1) is 0 Å². The van der Waals surface area contributed by atoms with Gasteiger partial charge < -0.3 is 0 Å². The molecule has 1 aromatic carbocycles. The van der Waals surface area contributed by atoms with E-state index in [1.807, 2.05) is 33.8 Å². The molecule has 1 rings (SSSR count). The lowest BCUT2D eigenvalue weighted by Crippen LogP contribution is -2.21. The van der Waals surface area contributed by atoms with Gasteiger partial charge in [-0.15, -0.1) is 0 Å². The molecule has 0 N–H and O–H groups in total. The Labute approximate surface area is 84.5 Å². The molecule has 0 aliphatic carbocycles. The van der Waals surface area contributed by atoms with Crippen LogP contribution in [-0.2, 0) is 0 Å². The van der Waals surface area contributed by atoms with Gasteiger partial charge in [-0.3, -0.25) is 0 Å². The van der Waals surface area contributed by atoms with Crippen LogP contribution < -0.4 is 5.46 Å². The summed E-state index contributed by atoms with van der Waals surface area (Å²) in [5.74, 6) is 0. The van der Waals surface area contributed by atoms with E-state index in [9.17, 15) is 0 Å². The summed E-state index contributed by atoms with van der Waals surface area (Å²) in [6, 6.07) is 10.5. The Morgan fingerprint density at radius 2 is 1.15 bits per heavy atom. The summed E-state index contributed by atoms with van der Waals surface area (Å²) < 4.78 is 0. The molecule has 0 saturated heterocycles. The third-order valence-corrected chi connectivity index (χ3v) is 1.47. The zero-order valence-electron chi connectivity index (χ0n) is 9.96. The third-order valence-electron chi connectivity index (χ3n) is 1.47. The van der Waals surface area contributed by atoms with Crippen LogP contribution in [0.25, 0.3) is 0 Å². The topological polar surface area (TPSA) is 0 Å². The highest BCUT2D eigenvalue weighted by Gasteiger charge is 1.98. The van der Waals surface area contributed by atoms with Crippen LogP contribution in [0.3, 0.4) is 0 Å². The lowest BCUT2D eigenvalue weighted by Gasteiger charge is -1.98. The van der Waals surface area contributed by atoms with E-state index in [4.69, 9.17) is 0 Å². The fourth-order valence-electron chi connectivity index (χ4n) is 0.838. The fourth-order valence-corrected chi connectivity index (χ4v) is 0.838. The first-order valence-electron chi connectivity index (χ1n) is 5.35. The monoisotopic (exact) mass is 178 g/mol. The molecule has 74 valence electrons. The lowest BCUT2D eigenvalue weighted by molar-refractivity contribution is 1.50. The SMILES string of the molecule is CB(C)c1ccccc1.CC.CC. The predicted molar refractivity (Wildman–Crippen MR) is 66.3 cm³/mol. The van der Waals surface area contributed by atoms with E-state index in [1.54, 1.807) is 0 Å². The van der Waals surface area contributed by atoms with Crippen LogP contribution in [0, 0.1) is 0 Å². The van der Waals surface area contributed by atoms with E-state index in [0.717, 1.165) is 0 Å². The van der Waals surface area contributed by atoms with Crippen molar-refractivity contribution in [3.05, 3.63) is 30.3 Å². The molecule has 0 radical (unpaired) electrons. The van der Waals surface area contributed by atoms with Crippen LogP contribution >= 0.6 is 0 Å². The zero-order valence-corrected chi connectivity index (χ0v) is 9.96. The highest BCUT2D eigenvalue weighted by Crippen LogP contribution is 1.85. The lowest BCUT2D eigenvalue weighted by atomic mass is 9.49. The molecule has 0 bridgehead atoms. The maximum atomic E-state index is 2.20. The van der Waals surface area contributed by atoms with Crippen molar-refractivity contribution in [1.82, 2.24) is 0 Å². The van der Waals surface area contributed by atoms with Gasteiger partial charge in [-0.25, -0.2) is 0 Å². The molecule has 13 heavy (non-hydrogen) atoms. The maximum absolute atomic E-state index is 2.20. The number of rotatable bonds is 1. The Morgan fingerprint density at radius 3 is 1.38 bits per heavy atom. The van der Waals surface area contributed by atoms with Crippen LogP contribution in [0.4, 0.5) is 0 Å². The van der Waals surface area contributed by atoms with Gasteiger partial charge in [-0.05, 0) is 0 Å². The molecule has 0 spiro atoms. The molecule has 0 unspecified atom stereocenters. The second-order valence-electron chi connectivity index (χ2n) is 2.57. The third kappa shape index (κ3) is 7.64. The Morgan fingerprint density at radius 1 is 0.769 bits per heavy atom. The average Bonchev–Trinajstić information content (AvgIpc) is 2.25. The summed E-state index contributed by atoms with van der Waals surface area (Å²) in [6.45, 7) is 13.1. The van der Waals surface area contributed by atoms with Crippen LogP contribution in [0.2, 0.25) is 13.6 Å². The van der Waals surface area contributed by atoms with Crippen molar-refractivity contribution < 1.29 is 0 Å². The highest BCUT2D eigenvalue weighted by molar-refractivity contribution is 6.70. The van der Waals surface area contributed by atoms with Crippen molar-refractivity contribution in [2.45, 2.75) is 41.3 Å². The summed E-state index contributed by atoms with van der Waals surface area (Å²) in [5, 5.41) is 0. The highest BCUT2D eigenvalue weighted by atomic mass is 13.8. The van der Waals surface area contributed by atoms with E-state index in [-0.39, 0.29) is 0 Å². The molecular formula is C12H23B. The van der Waals surface area contributed by atoms with Gasteiger partial charge >= 0.3 is 0 Å². The van der Waals surface area contributed by atoms with E-state index in [1.165, 1.54) is 5.46 Å². The molecular weight excluding hydrogens is 155 g/mol. The molecule has 0 heterocycles. The quantitative estimate of drug-likeness (QED) is 0.575. The van der Waals surface area contributed by atoms with Crippen molar-refractivity contribution in [1.29, 1.82) is 0 Å². The fraction of sp³-hybridized carbons (Fsp3) is 0.500. The molecule has 1 aromatic rings. The second kappa shape index (κ2) is 11.3. The number of hydrogen-bond acceptors (Lipinski definition) is 0. The molecule has 0 nitrogen and oxygen atoms in total. The summed E-state index contributed by atoms with van der Waals surface area (Å²) >= 11 is 0. The molecule has 0 atom stereocenters. The van der Waals surface area contributed by atoms with E-state index >= 15 is 0 Å². The Hall–Kier alpha value is -0.715.